The van der Waals surface area contributed by atoms with Gasteiger partial charge in [0, 0.05) is 23.0 Å². The quantitative estimate of drug-likeness (QED) is 0.817. The van der Waals surface area contributed by atoms with Gasteiger partial charge in [0.25, 0.3) is 10.0 Å². The van der Waals surface area contributed by atoms with Crippen molar-refractivity contribution in [2.75, 3.05) is 24.3 Å². The fourth-order valence-electron chi connectivity index (χ4n) is 2.25. The molecule has 0 aromatic heterocycles. The summed E-state index contributed by atoms with van der Waals surface area (Å²) < 4.78 is 38.0. The van der Waals surface area contributed by atoms with Gasteiger partial charge in [-0.3, -0.25) is 4.72 Å². The van der Waals surface area contributed by atoms with E-state index < -0.39 is 10.0 Å². The minimum atomic E-state index is -3.72. The Hall–Kier alpha value is -2.41. The van der Waals surface area contributed by atoms with Crippen LogP contribution in [0.15, 0.2) is 47.4 Å². The van der Waals surface area contributed by atoms with E-state index in [1.54, 1.807) is 18.2 Å². The van der Waals surface area contributed by atoms with E-state index in [-0.39, 0.29) is 10.4 Å². The normalized spacial score (nSPS) is 11.7. The molecule has 0 bridgehead atoms. The molecule has 6 nitrogen and oxygen atoms in total. The Bertz CT molecular complexity index is 825. The first-order valence-electron chi connectivity index (χ1n) is 7.78. The molecule has 0 aliphatic heterocycles. The highest BCUT2D eigenvalue weighted by Crippen LogP contribution is 2.30. The van der Waals surface area contributed by atoms with Crippen molar-refractivity contribution in [1.82, 2.24) is 0 Å². The number of methoxy groups -OCH3 is 2. The zero-order valence-corrected chi connectivity index (χ0v) is 15.9. The molecule has 136 valence electrons. The van der Waals surface area contributed by atoms with Gasteiger partial charge in [-0.1, -0.05) is 0 Å². The maximum absolute atomic E-state index is 12.6. The fraction of sp³-hybridized carbons (Fsp3) is 0.333. The number of rotatable bonds is 6. The minimum absolute atomic E-state index is 0.0688. The van der Waals surface area contributed by atoms with Crippen molar-refractivity contribution in [2.45, 2.75) is 31.2 Å². The Morgan fingerprint density at radius 2 is 1.40 bits per heavy atom. The highest BCUT2D eigenvalue weighted by Gasteiger charge is 2.17. The Kier molecular flexibility index (Phi) is 5.47. The van der Waals surface area contributed by atoms with Gasteiger partial charge in [0.2, 0.25) is 0 Å². The van der Waals surface area contributed by atoms with Crippen LogP contribution in [0.1, 0.15) is 20.8 Å². The van der Waals surface area contributed by atoms with E-state index in [1.165, 1.54) is 26.4 Å². The smallest absolute Gasteiger partial charge is 0.262 e. The van der Waals surface area contributed by atoms with E-state index in [0.717, 1.165) is 5.69 Å². The molecular weight excluding hydrogens is 340 g/mol. The van der Waals surface area contributed by atoms with Crippen molar-refractivity contribution < 1.29 is 17.9 Å². The molecule has 0 saturated heterocycles. The molecule has 0 atom stereocenters. The Balaban J connectivity index is 2.21. The molecule has 0 aliphatic carbocycles. The second-order valence-electron chi connectivity index (χ2n) is 6.57. The Morgan fingerprint density at radius 1 is 0.840 bits per heavy atom. The second kappa shape index (κ2) is 7.23. The highest BCUT2D eigenvalue weighted by molar-refractivity contribution is 7.92. The standard InChI is InChI=1S/C18H24N2O4S/c1-18(2,3)19-13-6-8-14(9-7-13)20-25(21,22)15-10-11-16(23-4)17(12-15)24-5/h6-12,19-20H,1-5H3. The Morgan fingerprint density at radius 3 is 1.92 bits per heavy atom. The zero-order valence-electron chi connectivity index (χ0n) is 15.1. The summed E-state index contributed by atoms with van der Waals surface area (Å²) in [5, 5.41) is 3.32. The monoisotopic (exact) mass is 364 g/mol. The van der Waals surface area contributed by atoms with Gasteiger partial charge < -0.3 is 14.8 Å². The summed E-state index contributed by atoms with van der Waals surface area (Å²) in [5.41, 5.74) is 1.33. The molecule has 0 fully saturated rings. The topological polar surface area (TPSA) is 76.7 Å². The van der Waals surface area contributed by atoms with Crippen LogP contribution in [-0.2, 0) is 10.0 Å². The van der Waals surface area contributed by atoms with Crippen molar-refractivity contribution in [3.8, 4) is 11.5 Å². The van der Waals surface area contributed by atoms with Crippen LogP contribution in [0.4, 0.5) is 11.4 Å². The van der Waals surface area contributed by atoms with Crippen molar-refractivity contribution in [3.05, 3.63) is 42.5 Å². The van der Waals surface area contributed by atoms with Gasteiger partial charge in [0.05, 0.1) is 19.1 Å². The summed E-state index contributed by atoms with van der Waals surface area (Å²) in [5.74, 6) is 0.828. The van der Waals surface area contributed by atoms with E-state index in [2.05, 4.69) is 30.8 Å². The average Bonchev–Trinajstić information content (AvgIpc) is 2.54. The van der Waals surface area contributed by atoms with E-state index >= 15 is 0 Å². The number of nitrogens with one attached hydrogen (secondary N) is 2. The molecule has 0 heterocycles. The summed E-state index contributed by atoms with van der Waals surface area (Å²) >= 11 is 0. The molecule has 0 amide bonds. The third kappa shape index (κ3) is 5.03. The summed E-state index contributed by atoms with van der Waals surface area (Å²) in [7, 11) is -0.766. The molecule has 0 aliphatic rings. The molecule has 2 aromatic rings. The largest absolute Gasteiger partial charge is 0.493 e. The Labute approximate surface area is 149 Å². The molecular formula is C18H24N2O4S. The van der Waals surface area contributed by atoms with Gasteiger partial charge >= 0.3 is 0 Å². The molecule has 0 unspecified atom stereocenters. The maximum Gasteiger partial charge on any atom is 0.262 e. The van der Waals surface area contributed by atoms with E-state index in [4.69, 9.17) is 9.47 Å². The van der Waals surface area contributed by atoms with Crippen LogP contribution in [0.5, 0.6) is 11.5 Å². The minimum Gasteiger partial charge on any atom is -0.493 e. The lowest BCUT2D eigenvalue weighted by atomic mass is 10.1. The molecule has 0 spiro atoms. The van der Waals surface area contributed by atoms with Crippen molar-refractivity contribution in [1.29, 1.82) is 0 Å². The second-order valence-corrected chi connectivity index (χ2v) is 8.26. The van der Waals surface area contributed by atoms with Gasteiger partial charge in [-0.05, 0) is 57.2 Å². The molecule has 2 aromatic carbocycles. The lowest BCUT2D eigenvalue weighted by molar-refractivity contribution is 0.354. The zero-order chi connectivity index (χ0) is 18.7. The first-order chi connectivity index (χ1) is 11.6. The van der Waals surface area contributed by atoms with Crippen LogP contribution in [0.25, 0.3) is 0 Å². The number of hydrogen-bond donors (Lipinski definition) is 2. The first-order valence-corrected chi connectivity index (χ1v) is 9.26. The van der Waals surface area contributed by atoms with Crippen LogP contribution < -0.4 is 19.5 Å². The SMILES string of the molecule is COc1ccc(S(=O)(=O)Nc2ccc(NC(C)(C)C)cc2)cc1OC. The number of ether oxygens (including phenoxy) is 2. The van der Waals surface area contributed by atoms with E-state index in [9.17, 15) is 8.42 Å². The molecule has 0 radical (unpaired) electrons. The molecule has 2 N–H and O–H groups in total. The number of sulfonamides is 1. The van der Waals surface area contributed by atoms with Crippen LogP contribution >= 0.6 is 0 Å². The van der Waals surface area contributed by atoms with Gasteiger partial charge in [0.1, 0.15) is 0 Å². The maximum atomic E-state index is 12.6. The number of hydrogen-bond acceptors (Lipinski definition) is 5. The van der Waals surface area contributed by atoms with Crippen LogP contribution in [0.2, 0.25) is 0 Å². The summed E-state index contributed by atoms with van der Waals surface area (Å²) in [6.45, 7) is 6.17. The number of anilines is 2. The van der Waals surface area contributed by atoms with Crippen molar-refractivity contribution >= 4 is 21.4 Å². The summed E-state index contributed by atoms with van der Waals surface area (Å²) in [4.78, 5) is 0.0991. The summed E-state index contributed by atoms with van der Waals surface area (Å²) in [6, 6.07) is 11.5. The predicted molar refractivity (Wildman–Crippen MR) is 100 cm³/mol. The van der Waals surface area contributed by atoms with Gasteiger partial charge in [-0.15, -0.1) is 0 Å². The van der Waals surface area contributed by atoms with E-state index in [0.29, 0.717) is 17.2 Å². The van der Waals surface area contributed by atoms with Crippen LogP contribution in [0.3, 0.4) is 0 Å². The average molecular weight is 364 g/mol. The lowest BCUT2D eigenvalue weighted by Gasteiger charge is -2.22. The van der Waals surface area contributed by atoms with Gasteiger partial charge in [-0.25, -0.2) is 8.42 Å². The van der Waals surface area contributed by atoms with Gasteiger partial charge in [0.15, 0.2) is 11.5 Å². The first kappa shape index (κ1) is 18.9. The lowest BCUT2D eigenvalue weighted by Crippen LogP contribution is -2.25. The third-order valence-corrected chi connectivity index (χ3v) is 4.70. The fourth-order valence-corrected chi connectivity index (χ4v) is 3.33. The van der Waals surface area contributed by atoms with Gasteiger partial charge in [-0.2, -0.15) is 0 Å². The summed E-state index contributed by atoms with van der Waals surface area (Å²) in [6.07, 6.45) is 0. The van der Waals surface area contributed by atoms with E-state index in [1.807, 2.05) is 12.1 Å². The molecule has 7 heteroatoms. The van der Waals surface area contributed by atoms with Crippen molar-refractivity contribution in [3.63, 3.8) is 0 Å². The molecule has 0 saturated carbocycles. The van der Waals surface area contributed by atoms with Crippen LogP contribution in [0, 0.1) is 0 Å². The molecule has 25 heavy (non-hydrogen) atoms. The highest BCUT2D eigenvalue weighted by atomic mass is 32.2. The number of benzene rings is 2. The third-order valence-electron chi connectivity index (χ3n) is 3.32. The van der Waals surface area contributed by atoms with Crippen molar-refractivity contribution in [2.24, 2.45) is 0 Å². The molecule has 2 rings (SSSR count). The predicted octanol–water partition coefficient (Wildman–Crippen LogP) is 3.72. The van der Waals surface area contributed by atoms with Crippen LogP contribution in [-0.4, -0.2) is 28.2 Å².